The van der Waals surface area contributed by atoms with Crippen molar-refractivity contribution in [2.24, 2.45) is 5.41 Å². The van der Waals surface area contributed by atoms with Gasteiger partial charge >= 0.3 is 0 Å². The number of benzene rings is 1. The van der Waals surface area contributed by atoms with Crippen LogP contribution in [0.4, 0.5) is 5.69 Å². The van der Waals surface area contributed by atoms with Crippen molar-refractivity contribution < 1.29 is 4.79 Å². The maximum absolute atomic E-state index is 12.5. The first kappa shape index (κ1) is 18.3. The van der Waals surface area contributed by atoms with Gasteiger partial charge in [0.2, 0.25) is 5.91 Å². The van der Waals surface area contributed by atoms with E-state index in [-0.39, 0.29) is 10.9 Å². The lowest BCUT2D eigenvalue weighted by molar-refractivity contribution is -0.123. The van der Waals surface area contributed by atoms with Gasteiger partial charge in [0.25, 0.3) is 0 Å². The summed E-state index contributed by atoms with van der Waals surface area (Å²) in [5, 5.41) is 12.8. The molecule has 0 aliphatic rings. The molecule has 1 N–H and O–H groups in total. The summed E-state index contributed by atoms with van der Waals surface area (Å²) in [5.74, 6) is -0.325. The topological polar surface area (TPSA) is 52.9 Å². The lowest BCUT2D eigenvalue weighted by Gasteiger charge is -2.25. The van der Waals surface area contributed by atoms with Crippen molar-refractivity contribution in [3.8, 4) is 6.07 Å². The number of rotatable bonds is 6. The second-order valence-electron chi connectivity index (χ2n) is 4.87. The molecule has 114 valence electrons. The van der Waals surface area contributed by atoms with E-state index in [0.29, 0.717) is 28.0 Å². The molecule has 1 rings (SSSR count). The summed E-state index contributed by atoms with van der Waals surface area (Å²) in [6.45, 7) is 3.91. The van der Waals surface area contributed by atoms with Gasteiger partial charge < -0.3 is 5.32 Å². The van der Waals surface area contributed by atoms with Crippen LogP contribution in [0.1, 0.15) is 39.5 Å². The summed E-state index contributed by atoms with van der Waals surface area (Å²) < 4.78 is 0.654. The number of hydrogen-bond acceptors (Lipinski definition) is 2. The molecule has 0 saturated carbocycles. The largest absolute Gasteiger partial charge is 0.323 e. The third-order valence-electron chi connectivity index (χ3n) is 3.29. The van der Waals surface area contributed by atoms with Crippen molar-refractivity contribution in [1.29, 1.82) is 5.26 Å². The highest BCUT2D eigenvalue weighted by atomic mass is 79.9. The van der Waals surface area contributed by atoms with Crippen molar-refractivity contribution >= 4 is 50.7 Å². The molecule has 0 bridgehead atoms. The van der Waals surface area contributed by atoms with Crippen LogP contribution in [0.15, 0.2) is 16.6 Å². The zero-order chi connectivity index (χ0) is 16.0. The van der Waals surface area contributed by atoms with E-state index in [9.17, 15) is 10.1 Å². The van der Waals surface area contributed by atoms with Gasteiger partial charge in [-0.1, -0.05) is 49.9 Å². The number of halogens is 3. The van der Waals surface area contributed by atoms with Crippen LogP contribution in [0.25, 0.3) is 0 Å². The molecule has 0 aromatic heterocycles. The monoisotopic (exact) mass is 390 g/mol. The molecule has 21 heavy (non-hydrogen) atoms. The minimum atomic E-state index is -1.02. The van der Waals surface area contributed by atoms with Crippen LogP contribution >= 0.6 is 39.1 Å². The number of nitrogens with one attached hydrogen (secondary N) is 1. The molecule has 0 heterocycles. The Hall–Kier alpha value is -0.760. The molecule has 6 heteroatoms. The number of amides is 1. The van der Waals surface area contributed by atoms with Crippen LogP contribution in [0, 0.1) is 16.7 Å². The second-order valence-corrected chi connectivity index (χ2v) is 6.48. The van der Waals surface area contributed by atoms with Crippen LogP contribution in [0.5, 0.6) is 0 Å². The Morgan fingerprint density at radius 2 is 1.86 bits per heavy atom. The number of carbonyl (C=O) groups is 1. The van der Waals surface area contributed by atoms with Crippen molar-refractivity contribution in [2.75, 3.05) is 5.32 Å². The van der Waals surface area contributed by atoms with Gasteiger partial charge in [-0.05, 0) is 40.9 Å². The standard InChI is InChI=1S/C15H17BrCl2N2O/c1-3-7-15(9-19,8-4-2)14(21)20-11-6-5-10(16)12(17)13(11)18/h5-6H,3-4,7-8H2,1-2H3,(H,20,21). The van der Waals surface area contributed by atoms with Crippen molar-refractivity contribution in [3.63, 3.8) is 0 Å². The van der Waals surface area contributed by atoms with Crippen LogP contribution in [0.2, 0.25) is 10.0 Å². The molecule has 0 aliphatic carbocycles. The van der Waals surface area contributed by atoms with E-state index in [1.807, 2.05) is 13.8 Å². The van der Waals surface area contributed by atoms with E-state index >= 15 is 0 Å². The Bertz CT molecular complexity index is 564. The van der Waals surface area contributed by atoms with E-state index in [2.05, 4.69) is 27.3 Å². The minimum Gasteiger partial charge on any atom is -0.323 e. The predicted molar refractivity (Wildman–Crippen MR) is 90.7 cm³/mol. The third kappa shape index (κ3) is 4.12. The fourth-order valence-electron chi connectivity index (χ4n) is 2.23. The number of nitriles is 1. The predicted octanol–water partition coefficient (Wildman–Crippen LogP) is 5.80. The molecule has 1 amide bonds. The molecule has 1 aromatic carbocycles. The average molecular weight is 392 g/mol. The fraction of sp³-hybridized carbons (Fsp3) is 0.467. The fourth-order valence-corrected chi connectivity index (χ4v) is 3.05. The van der Waals surface area contributed by atoms with Crippen molar-refractivity contribution in [3.05, 3.63) is 26.7 Å². The first-order valence-electron chi connectivity index (χ1n) is 6.78. The van der Waals surface area contributed by atoms with Gasteiger partial charge in [-0.25, -0.2) is 0 Å². The summed E-state index contributed by atoms with van der Waals surface area (Å²) in [7, 11) is 0. The zero-order valence-corrected chi connectivity index (χ0v) is 15.1. The Morgan fingerprint density at radius 1 is 1.29 bits per heavy atom. The third-order valence-corrected chi connectivity index (χ3v) is 5.06. The number of carbonyl (C=O) groups excluding carboxylic acids is 1. The molecule has 0 spiro atoms. The first-order chi connectivity index (χ1) is 9.91. The highest BCUT2D eigenvalue weighted by Gasteiger charge is 2.37. The Kier molecular flexibility index (Phi) is 6.99. The van der Waals surface area contributed by atoms with Gasteiger partial charge in [0, 0.05) is 4.47 Å². The van der Waals surface area contributed by atoms with E-state index in [1.54, 1.807) is 12.1 Å². The zero-order valence-electron chi connectivity index (χ0n) is 12.0. The lowest BCUT2D eigenvalue weighted by Crippen LogP contribution is -2.35. The minimum absolute atomic E-state index is 0.263. The highest BCUT2D eigenvalue weighted by Crippen LogP contribution is 2.37. The van der Waals surface area contributed by atoms with E-state index < -0.39 is 5.41 Å². The van der Waals surface area contributed by atoms with Crippen LogP contribution in [-0.4, -0.2) is 5.91 Å². The summed E-state index contributed by atoms with van der Waals surface area (Å²) in [5.41, 5.74) is -0.603. The summed E-state index contributed by atoms with van der Waals surface area (Å²) >= 11 is 15.4. The van der Waals surface area contributed by atoms with Crippen LogP contribution < -0.4 is 5.32 Å². The molecule has 3 nitrogen and oxygen atoms in total. The SMILES string of the molecule is CCCC(C#N)(CCC)C(=O)Nc1ccc(Br)c(Cl)c1Cl. The van der Waals surface area contributed by atoms with Crippen molar-refractivity contribution in [2.45, 2.75) is 39.5 Å². The van der Waals surface area contributed by atoms with Gasteiger partial charge in [0.15, 0.2) is 0 Å². The maximum atomic E-state index is 12.5. The Labute approximate surface area is 143 Å². The van der Waals surface area contributed by atoms with E-state index in [0.717, 1.165) is 12.8 Å². The molecule has 1 aromatic rings. The molecule has 0 unspecified atom stereocenters. The smallest absolute Gasteiger partial charge is 0.244 e. The van der Waals surface area contributed by atoms with Gasteiger partial charge in [-0.3, -0.25) is 4.79 Å². The molecule has 0 fully saturated rings. The van der Waals surface area contributed by atoms with E-state index in [4.69, 9.17) is 23.2 Å². The van der Waals surface area contributed by atoms with Gasteiger partial charge in [-0.2, -0.15) is 5.26 Å². The van der Waals surface area contributed by atoms with Gasteiger partial charge in [0.1, 0.15) is 5.41 Å². The van der Waals surface area contributed by atoms with Crippen LogP contribution in [-0.2, 0) is 4.79 Å². The molecule has 0 saturated heterocycles. The molecule has 0 atom stereocenters. The molecule has 0 radical (unpaired) electrons. The quantitative estimate of drug-likeness (QED) is 0.622. The van der Waals surface area contributed by atoms with Crippen molar-refractivity contribution in [1.82, 2.24) is 0 Å². The van der Waals surface area contributed by atoms with E-state index in [1.165, 1.54) is 0 Å². The lowest BCUT2D eigenvalue weighted by atomic mass is 9.79. The summed E-state index contributed by atoms with van der Waals surface area (Å²) in [6, 6.07) is 5.55. The maximum Gasteiger partial charge on any atom is 0.244 e. The number of hydrogen-bond donors (Lipinski definition) is 1. The molecular formula is C15H17BrCl2N2O. The van der Waals surface area contributed by atoms with Crippen LogP contribution in [0.3, 0.4) is 0 Å². The second kappa shape index (κ2) is 8.03. The highest BCUT2D eigenvalue weighted by molar-refractivity contribution is 9.10. The van der Waals surface area contributed by atoms with Gasteiger partial charge in [-0.15, -0.1) is 0 Å². The average Bonchev–Trinajstić information content (AvgIpc) is 2.47. The Morgan fingerprint density at radius 3 is 2.33 bits per heavy atom. The number of anilines is 1. The molecular weight excluding hydrogens is 375 g/mol. The van der Waals surface area contributed by atoms with Gasteiger partial charge in [0.05, 0.1) is 21.8 Å². The molecule has 0 aliphatic heterocycles. The first-order valence-corrected chi connectivity index (χ1v) is 8.33. The Balaban J connectivity index is 3.08. The summed E-state index contributed by atoms with van der Waals surface area (Å²) in [6.07, 6.45) is 2.56. The normalized spacial score (nSPS) is 11.0. The summed E-state index contributed by atoms with van der Waals surface area (Å²) in [4.78, 5) is 12.5. The number of nitrogens with zero attached hydrogens (tertiary/aromatic N) is 1.